The molecule has 1 N–H and O–H groups in total. The van der Waals surface area contributed by atoms with Crippen LogP contribution in [-0.4, -0.2) is 24.5 Å². The molecular weight excluding hydrogens is 385 g/mol. The fourth-order valence-electron chi connectivity index (χ4n) is 1.94. The number of nitrogens with zero attached hydrogens (tertiary/aromatic N) is 1. The number of benzene rings is 2. The van der Waals surface area contributed by atoms with Crippen molar-refractivity contribution in [2.24, 2.45) is 4.99 Å². The van der Waals surface area contributed by atoms with Crippen LogP contribution in [0.1, 0.15) is 17.0 Å². The van der Waals surface area contributed by atoms with E-state index in [4.69, 9.17) is 16.7 Å². The zero-order chi connectivity index (χ0) is 14.4. The highest BCUT2D eigenvalue weighted by atomic mass is 127. The normalized spacial score (nSPS) is 12.8. The van der Waals surface area contributed by atoms with Crippen LogP contribution in [-0.2, 0) is 0 Å². The third-order valence-corrected chi connectivity index (χ3v) is 3.91. The number of hydrogen-bond donors (Lipinski definition) is 1. The first-order valence-corrected chi connectivity index (χ1v) is 7.78. The molecule has 104 valence electrons. The summed E-state index contributed by atoms with van der Waals surface area (Å²) in [6.07, 6.45) is 1.89. The summed E-state index contributed by atoms with van der Waals surface area (Å²) < 4.78 is 1.20. The molecule has 0 radical (unpaired) electrons. The Balaban J connectivity index is 2.33. The van der Waals surface area contributed by atoms with Gasteiger partial charge < -0.3 is 5.11 Å². The van der Waals surface area contributed by atoms with Crippen LogP contribution < -0.4 is 0 Å². The average molecular weight is 400 g/mol. The molecule has 1 unspecified atom stereocenters. The van der Waals surface area contributed by atoms with Gasteiger partial charge in [-0.3, -0.25) is 4.99 Å². The Morgan fingerprint density at radius 3 is 2.15 bits per heavy atom. The summed E-state index contributed by atoms with van der Waals surface area (Å²) in [6.45, 7) is 0.491. The summed E-state index contributed by atoms with van der Waals surface area (Å²) in [6, 6.07) is 16.2. The number of aliphatic hydroxyl groups excluding tert-OH is 1. The molecule has 0 spiro atoms. The van der Waals surface area contributed by atoms with Crippen LogP contribution in [0.4, 0.5) is 0 Å². The summed E-state index contributed by atoms with van der Waals surface area (Å²) >= 11 is 8.23. The van der Waals surface area contributed by atoms with Crippen molar-refractivity contribution in [1.29, 1.82) is 0 Å². The van der Waals surface area contributed by atoms with E-state index in [9.17, 15) is 0 Å². The Kier molecular flexibility index (Phi) is 6.01. The van der Waals surface area contributed by atoms with E-state index in [1.807, 2.05) is 30.5 Å². The molecule has 0 bridgehead atoms. The van der Waals surface area contributed by atoms with Gasteiger partial charge in [0.15, 0.2) is 0 Å². The molecule has 0 aliphatic heterocycles. The lowest BCUT2D eigenvalue weighted by Crippen LogP contribution is -2.04. The predicted octanol–water partition coefficient (Wildman–Crippen LogP) is 4.14. The van der Waals surface area contributed by atoms with Gasteiger partial charge in [-0.2, -0.15) is 0 Å². The van der Waals surface area contributed by atoms with Crippen molar-refractivity contribution in [1.82, 2.24) is 0 Å². The zero-order valence-corrected chi connectivity index (χ0v) is 13.8. The van der Waals surface area contributed by atoms with Crippen LogP contribution in [0.2, 0.25) is 5.02 Å². The monoisotopic (exact) mass is 399 g/mol. The molecule has 0 aliphatic rings. The molecule has 0 aliphatic carbocycles. The van der Waals surface area contributed by atoms with Crippen molar-refractivity contribution in [2.75, 3.05) is 13.2 Å². The van der Waals surface area contributed by atoms with Crippen molar-refractivity contribution in [3.8, 4) is 0 Å². The van der Waals surface area contributed by atoms with E-state index in [2.05, 4.69) is 51.8 Å². The van der Waals surface area contributed by atoms with E-state index in [1.165, 1.54) is 9.13 Å². The molecule has 4 heteroatoms. The number of hydrogen-bond acceptors (Lipinski definition) is 2. The van der Waals surface area contributed by atoms with Crippen molar-refractivity contribution in [2.45, 2.75) is 5.92 Å². The van der Waals surface area contributed by atoms with Gasteiger partial charge in [-0.1, -0.05) is 35.9 Å². The van der Waals surface area contributed by atoms with Gasteiger partial charge in [0.25, 0.3) is 0 Å². The molecule has 2 nitrogen and oxygen atoms in total. The summed E-state index contributed by atoms with van der Waals surface area (Å²) in [4.78, 5) is 4.28. The zero-order valence-electron chi connectivity index (χ0n) is 10.8. The Labute approximate surface area is 137 Å². The van der Waals surface area contributed by atoms with Crippen LogP contribution >= 0.6 is 34.2 Å². The van der Waals surface area contributed by atoms with E-state index in [-0.39, 0.29) is 12.5 Å². The quantitative estimate of drug-likeness (QED) is 0.595. The van der Waals surface area contributed by atoms with Gasteiger partial charge in [0.05, 0.1) is 13.2 Å². The second-order valence-electron chi connectivity index (χ2n) is 4.36. The van der Waals surface area contributed by atoms with E-state index >= 15 is 0 Å². The van der Waals surface area contributed by atoms with Gasteiger partial charge in [0.1, 0.15) is 0 Å². The smallest absolute Gasteiger partial charge is 0.0626 e. The number of halogens is 2. The lowest BCUT2D eigenvalue weighted by atomic mass is 9.92. The number of aliphatic imine (C=N–C) groups is 1. The minimum atomic E-state index is 0.0660. The highest BCUT2D eigenvalue weighted by Gasteiger charge is 2.11. The second kappa shape index (κ2) is 7.76. The Hall–Kier alpha value is -0.910. The van der Waals surface area contributed by atoms with E-state index in [0.717, 1.165) is 10.6 Å². The third kappa shape index (κ3) is 4.30. The number of aliphatic hydroxyl groups is 1. The van der Waals surface area contributed by atoms with Gasteiger partial charge in [-0.15, -0.1) is 0 Å². The molecule has 2 aromatic carbocycles. The molecule has 1 atom stereocenters. The molecule has 0 fully saturated rings. The third-order valence-electron chi connectivity index (χ3n) is 2.94. The largest absolute Gasteiger partial charge is 0.394 e. The maximum atomic E-state index is 8.86. The molecule has 0 saturated carbocycles. The molecule has 2 rings (SSSR count). The molecule has 2 aromatic rings. The van der Waals surface area contributed by atoms with Gasteiger partial charge in [0, 0.05) is 20.7 Å². The fraction of sp³-hybridized carbons (Fsp3) is 0.188. The van der Waals surface area contributed by atoms with Crippen molar-refractivity contribution in [3.05, 3.63) is 68.3 Å². The molecule has 0 saturated heterocycles. The van der Waals surface area contributed by atoms with Crippen molar-refractivity contribution in [3.63, 3.8) is 0 Å². The highest BCUT2D eigenvalue weighted by molar-refractivity contribution is 14.1. The van der Waals surface area contributed by atoms with Crippen LogP contribution in [0.25, 0.3) is 0 Å². The first-order chi connectivity index (χ1) is 9.70. The standard InChI is InChI=1S/C16H15ClINO/c17-14-5-1-12(2-6-14)16(11-19-9-10-20)13-3-7-15(18)8-4-13/h1-8,11,16,20H,9-10H2. The number of rotatable bonds is 5. The predicted molar refractivity (Wildman–Crippen MR) is 92.9 cm³/mol. The van der Waals surface area contributed by atoms with Crippen LogP contribution in [0.5, 0.6) is 0 Å². The average Bonchev–Trinajstić information content (AvgIpc) is 2.46. The Morgan fingerprint density at radius 1 is 1.05 bits per heavy atom. The minimum absolute atomic E-state index is 0.0660. The SMILES string of the molecule is OCCN=CC(c1ccc(Cl)cc1)c1ccc(I)cc1. The van der Waals surface area contributed by atoms with E-state index < -0.39 is 0 Å². The highest BCUT2D eigenvalue weighted by Crippen LogP contribution is 2.25. The fourth-order valence-corrected chi connectivity index (χ4v) is 2.43. The molecule has 20 heavy (non-hydrogen) atoms. The molecular formula is C16H15ClINO. The van der Waals surface area contributed by atoms with Gasteiger partial charge >= 0.3 is 0 Å². The maximum absolute atomic E-state index is 8.86. The Morgan fingerprint density at radius 2 is 1.60 bits per heavy atom. The van der Waals surface area contributed by atoms with Gasteiger partial charge in [0.2, 0.25) is 0 Å². The van der Waals surface area contributed by atoms with Crippen molar-refractivity contribution < 1.29 is 5.11 Å². The van der Waals surface area contributed by atoms with E-state index in [0.29, 0.717) is 6.54 Å². The van der Waals surface area contributed by atoms with Crippen LogP contribution in [0, 0.1) is 3.57 Å². The first kappa shape index (κ1) is 15.5. The molecule has 0 aromatic heterocycles. The summed E-state index contributed by atoms with van der Waals surface area (Å²) in [5.41, 5.74) is 2.31. The van der Waals surface area contributed by atoms with Crippen molar-refractivity contribution >= 4 is 40.4 Å². The lowest BCUT2D eigenvalue weighted by Gasteiger charge is -2.13. The van der Waals surface area contributed by atoms with Gasteiger partial charge in [-0.05, 0) is 58.0 Å². The summed E-state index contributed by atoms with van der Waals surface area (Å²) in [5, 5.41) is 9.59. The maximum Gasteiger partial charge on any atom is 0.0626 e. The second-order valence-corrected chi connectivity index (χ2v) is 6.04. The van der Waals surface area contributed by atoms with E-state index in [1.54, 1.807) is 0 Å². The van der Waals surface area contributed by atoms with Gasteiger partial charge in [-0.25, -0.2) is 0 Å². The summed E-state index contributed by atoms with van der Waals surface area (Å²) in [5.74, 6) is 0.0795. The first-order valence-electron chi connectivity index (χ1n) is 6.32. The minimum Gasteiger partial charge on any atom is -0.394 e. The Bertz CT molecular complexity index is 521. The topological polar surface area (TPSA) is 32.6 Å². The molecule has 0 amide bonds. The molecule has 0 heterocycles. The van der Waals surface area contributed by atoms with Crippen LogP contribution in [0.15, 0.2) is 53.5 Å². The lowest BCUT2D eigenvalue weighted by molar-refractivity contribution is 0.307. The summed E-state index contributed by atoms with van der Waals surface area (Å²) in [7, 11) is 0. The van der Waals surface area contributed by atoms with Crippen LogP contribution in [0.3, 0.4) is 0 Å².